The molecular formula is C65H75BN2O. The van der Waals surface area contributed by atoms with Gasteiger partial charge < -0.3 is 14.2 Å². The van der Waals surface area contributed by atoms with Crippen molar-refractivity contribution in [2.75, 3.05) is 9.80 Å². The van der Waals surface area contributed by atoms with Crippen LogP contribution in [0.5, 0.6) is 0 Å². The highest BCUT2D eigenvalue weighted by atomic mass is 16.3. The van der Waals surface area contributed by atoms with E-state index >= 15 is 0 Å². The third kappa shape index (κ3) is 6.51. The standard InChI is InChI=1S/C65H75BN2O/c1-38-29-54-58-55(30-38)68(41-18-21-43-42-20-17-39(59(2,3)4)31-56(42)69-57(43)33-41)53-37-49-47(63(11,12)26-28-65(49,15)16)35-51(53)66(58)50-34-46-48(64(13,14)27-25-62(46,9)10)36-52(50)67(54)40-19-22-44-45(32-40)61(7,8)24-23-60(44,5)6/h17-22,29-37H,23-28H2,1-16H3/i1D3. The van der Waals surface area contributed by atoms with Crippen molar-refractivity contribution in [1.82, 2.24) is 0 Å². The first-order chi connectivity index (χ1) is 33.4. The highest BCUT2D eigenvalue weighted by molar-refractivity contribution is 7.00. The predicted molar refractivity (Wildman–Crippen MR) is 297 cm³/mol. The lowest BCUT2D eigenvalue weighted by molar-refractivity contribution is 0.332. The molecule has 5 aliphatic rings. The molecule has 354 valence electrons. The van der Waals surface area contributed by atoms with E-state index in [2.05, 4.69) is 193 Å². The fraction of sp³-hybridized carbons (Fsp3) is 0.446. The zero-order valence-electron chi connectivity index (χ0n) is 47.3. The molecule has 0 radical (unpaired) electrons. The Hall–Kier alpha value is -5.22. The summed E-state index contributed by atoms with van der Waals surface area (Å²) in [4.78, 5) is 4.90. The van der Waals surface area contributed by atoms with Gasteiger partial charge in [0, 0.05) is 55.1 Å². The van der Waals surface area contributed by atoms with Crippen molar-refractivity contribution < 1.29 is 8.53 Å². The topological polar surface area (TPSA) is 19.6 Å². The molecule has 0 bridgehead atoms. The van der Waals surface area contributed by atoms with Gasteiger partial charge in [-0.2, -0.15) is 0 Å². The Balaban J connectivity index is 1.22. The van der Waals surface area contributed by atoms with Crippen LogP contribution in [-0.4, -0.2) is 6.71 Å². The quantitative estimate of drug-likeness (QED) is 0.161. The summed E-state index contributed by atoms with van der Waals surface area (Å²) in [6.07, 6.45) is 6.65. The van der Waals surface area contributed by atoms with Gasteiger partial charge in [0.2, 0.25) is 0 Å². The van der Waals surface area contributed by atoms with E-state index in [4.69, 9.17) is 4.42 Å². The Morgan fingerprint density at radius 3 is 1.33 bits per heavy atom. The minimum absolute atomic E-state index is 0.0234. The van der Waals surface area contributed by atoms with E-state index in [1.54, 1.807) is 0 Å². The molecule has 2 aliphatic heterocycles. The molecule has 0 spiro atoms. The molecule has 0 fully saturated rings. The number of nitrogens with zero attached hydrogens (tertiary/aromatic N) is 2. The smallest absolute Gasteiger partial charge is 0.252 e. The van der Waals surface area contributed by atoms with Crippen molar-refractivity contribution in [2.24, 2.45) is 0 Å². The van der Waals surface area contributed by atoms with Crippen LogP contribution >= 0.6 is 0 Å². The second kappa shape index (κ2) is 14.0. The zero-order chi connectivity index (χ0) is 51.4. The molecule has 0 atom stereocenters. The van der Waals surface area contributed by atoms with E-state index in [0.717, 1.165) is 100 Å². The summed E-state index contributed by atoms with van der Waals surface area (Å²) >= 11 is 0. The number of fused-ring (bicyclic) bond motifs is 10. The van der Waals surface area contributed by atoms with Crippen LogP contribution in [0.2, 0.25) is 0 Å². The van der Waals surface area contributed by atoms with Crippen molar-refractivity contribution in [1.29, 1.82) is 0 Å². The minimum atomic E-state index is -2.38. The Morgan fingerprint density at radius 2 is 0.855 bits per heavy atom. The van der Waals surface area contributed by atoms with Crippen LogP contribution in [0.15, 0.2) is 95.4 Å². The summed E-state index contributed by atoms with van der Waals surface area (Å²) in [6, 6.07) is 34.8. The van der Waals surface area contributed by atoms with Gasteiger partial charge in [-0.15, -0.1) is 0 Å². The molecule has 12 rings (SSSR count). The van der Waals surface area contributed by atoms with Crippen molar-refractivity contribution in [3.05, 3.63) is 136 Å². The highest BCUT2D eigenvalue weighted by Gasteiger charge is 2.49. The first-order valence-electron chi connectivity index (χ1n) is 27.7. The van der Waals surface area contributed by atoms with E-state index in [1.165, 1.54) is 49.9 Å². The molecule has 0 amide bonds. The minimum Gasteiger partial charge on any atom is -0.456 e. The zero-order valence-corrected chi connectivity index (χ0v) is 44.3. The van der Waals surface area contributed by atoms with Crippen LogP contribution in [0.25, 0.3) is 21.9 Å². The molecular weight excluding hydrogens is 836 g/mol. The normalized spacial score (nSPS) is 21.6. The van der Waals surface area contributed by atoms with E-state index in [9.17, 15) is 4.11 Å². The van der Waals surface area contributed by atoms with E-state index in [1.807, 2.05) is 12.1 Å². The van der Waals surface area contributed by atoms with Gasteiger partial charge in [-0.1, -0.05) is 134 Å². The number of aryl methyl sites for hydroxylation is 1. The highest BCUT2D eigenvalue weighted by Crippen LogP contribution is 2.54. The molecule has 3 nitrogen and oxygen atoms in total. The van der Waals surface area contributed by atoms with Gasteiger partial charge in [0.1, 0.15) is 11.2 Å². The SMILES string of the molecule is [2H]C([2H])([2H])c1cc2c3c(c1)N(c1ccc4c(c1)oc1cc(C(C)(C)C)ccc14)c1cc4c(cc1B3c1cc3c(cc1N2c1ccc2c(c1)C(C)(C)CCC2(C)C)C(C)(C)CCC3(C)C)C(C)(C)CCC4(C)C. The molecule has 7 aromatic rings. The van der Waals surface area contributed by atoms with Crippen LogP contribution in [-0.2, 0) is 37.9 Å². The molecule has 0 saturated heterocycles. The van der Waals surface area contributed by atoms with Gasteiger partial charge in [-0.05, 0) is 199 Å². The third-order valence-corrected chi connectivity index (χ3v) is 18.7. The summed E-state index contributed by atoms with van der Waals surface area (Å²) in [5.74, 6) is 0. The van der Waals surface area contributed by atoms with Crippen molar-refractivity contribution >= 4 is 79.2 Å². The first kappa shape index (κ1) is 41.6. The van der Waals surface area contributed by atoms with Crippen LogP contribution < -0.4 is 26.2 Å². The maximum absolute atomic E-state index is 9.23. The monoisotopic (exact) mass is 914 g/mol. The van der Waals surface area contributed by atoms with Crippen molar-refractivity contribution in [3.8, 4) is 0 Å². The van der Waals surface area contributed by atoms with Gasteiger partial charge >= 0.3 is 0 Å². The largest absolute Gasteiger partial charge is 0.456 e. The Bertz CT molecular complexity index is 3480. The fourth-order valence-electron chi connectivity index (χ4n) is 13.8. The Kier molecular flexibility index (Phi) is 8.44. The van der Waals surface area contributed by atoms with E-state index in [-0.39, 0.29) is 44.6 Å². The summed E-state index contributed by atoms with van der Waals surface area (Å²) in [7, 11) is 0. The number of anilines is 6. The lowest BCUT2D eigenvalue weighted by Gasteiger charge is -2.49. The lowest BCUT2D eigenvalue weighted by atomic mass is 9.32. The second-order valence-corrected chi connectivity index (χ2v) is 27.2. The number of rotatable bonds is 2. The Labute approximate surface area is 418 Å². The summed E-state index contributed by atoms with van der Waals surface area (Å²) in [5, 5.41) is 2.17. The second-order valence-electron chi connectivity index (χ2n) is 27.2. The summed E-state index contributed by atoms with van der Waals surface area (Å²) < 4.78 is 34.6. The molecule has 0 unspecified atom stereocenters. The number of benzene rings is 6. The van der Waals surface area contributed by atoms with Crippen molar-refractivity contribution in [3.63, 3.8) is 0 Å². The Morgan fingerprint density at radius 1 is 0.449 bits per heavy atom. The van der Waals surface area contributed by atoms with Crippen LogP contribution in [0.4, 0.5) is 34.1 Å². The van der Waals surface area contributed by atoms with Gasteiger partial charge in [0.15, 0.2) is 0 Å². The van der Waals surface area contributed by atoms with E-state index < -0.39 is 6.85 Å². The van der Waals surface area contributed by atoms with Gasteiger partial charge in [0.25, 0.3) is 6.71 Å². The number of hydrogen-bond donors (Lipinski definition) is 0. The van der Waals surface area contributed by atoms with Crippen LogP contribution in [0.3, 0.4) is 0 Å². The van der Waals surface area contributed by atoms with Gasteiger partial charge in [-0.25, -0.2) is 0 Å². The van der Waals surface area contributed by atoms with Crippen molar-refractivity contribution in [2.45, 2.75) is 187 Å². The maximum atomic E-state index is 9.23. The molecule has 6 aromatic carbocycles. The van der Waals surface area contributed by atoms with Gasteiger partial charge in [-0.3, -0.25) is 0 Å². The summed E-state index contributed by atoms with van der Waals surface area (Å²) in [5.41, 5.74) is 21.5. The average molecular weight is 914 g/mol. The lowest BCUT2D eigenvalue weighted by Crippen LogP contribution is -2.62. The average Bonchev–Trinajstić information content (AvgIpc) is 3.67. The number of furan rings is 1. The molecule has 4 heteroatoms. The van der Waals surface area contributed by atoms with Crippen LogP contribution in [0, 0.1) is 6.85 Å². The number of hydrogen-bond acceptors (Lipinski definition) is 3. The molecule has 3 aliphatic carbocycles. The fourth-order valence-corrected chi connectivity index (χ4v) is 13.8. The van der Waals surface area contributed by atoms with E-state index in [0.29, 0.717) is 5.56 Å². The summed E-state index contributed by atoms with van der Waals surface area (Å²) in [6.45, 7) is 33.2. The predicted octanol–water partition coefficient (Wildman–Crippen LogP) is 16.3. The van der Waals surface area contributed by atoms with Gasteiger partial charge in [0.05, 0.1) is 0 Å². The molecule has 1 aromatic heterocycles. The molecule has 3 heterocycles. The first-order valence-corrected chi connectivity index (χ1v) is 26.2. The molecule has 0 saturated carbocycles. The molecule has 0 N–H and O–H groups in total. The maximum Gasteiger partial charge on any atom is 0.252 e. The third-order valence-electron chi connectivity index (χ3n) is 18.7. The molecule has 69 heavy (non-hydrogen) atoms. The van der Waals surface area contributed by atoms with Crippen LogP contribution in [0.1, 0.15) is 191 Å².